The van der Waals surface area contributed by atoms with E-state index < -0.39 is 5.91 Å². The van der Waals surface area contributed by atoms with E-state index in [0.717, 1.165) is 22.0 Å². The van der Waals surface area contributed by atoms with Crippen LogP contribution in [-0.2, 0) is 11.3 Å². The van der Waals surface area contributed by atoms with Crippen molar-refractivity contribution in [3.05, 3.63) is 102 Å². The van der Waals surface area contributed by atoms with Crippen LogP contribution in [0.3, 0.4) is 0 Å². The molecule has 0 saturated heterocycles. The maximum Gasteiger partial charge on any atom is 0.266 e. The van der Waals surface area contributed by atoms with Gasteiger partial charge in [0.2, 0.25) is 0 Å². The molecule has 0 aliphatic rings. The van der Waals surface area contributed by atoms with Crippen LogP contribution in [0, 0.1) is 17.1 Å². The molecule has 6 heteroatoms. The van der Waals surface area contributed by atoms with Crippen molar-refractivity contribution in [3.63, 3.8) is 0 Å². The van der Waals surface area contributed by atoms with Gasteiger partial charge in [-0.15, -0.1) is 0 Å². The van der Waals surface area contributed by atoms with E-state index in [2.05, 4.69) is 5.32 Å². The minimum atomic E-state index is -0.485. The molecule has 1 heterocycles. The van der Waals surface area contributed by atoms with Crippen molar-refractivity contribution < 1.29 is 13.9 Å². The highest BCUT2D eigenvalue weighted by Gasteiger charge is 2.10. The summed E-state index contributed by atoms with van der Waals surface area (Å²) in [5.74, 6) is -0.0681. The summed E-state index contributed by atoms with van der Waals surface area (Å²) in [5, 5.41) is 13.2. The number of methoxy groups -OCH3 is 1. The molecule has 158 valence electrons. The number of fused-ring (bicyclic) bond motifs is 1. The summed E-state index contributed by atoms with van der Waals surface area (Å²) < 4.78 is 20.6. The number of nitrogens with zero attached hydrogens (tertiary/aromatic N) is 2. The normalized spacial score (nSPS) is 11.2. The van der Waals surface area contributed by atoms with Crippen LogP contribution in [0.2, 0.25) is 0 Å². The molecule has 5 nitrogen and oxygen atoms in total. The molecule has 0 atom stereocenters. The lowest BCUT2D eigenvalue weighted by Crippen LogP contribution is -2.13. The van der Waals surface area contributed by atoms with Gasteiger partial charge in [0.15, 0.2) is 0 Å². The third-order valence-corrected chi connectivity index (χ3v) is 5.06. The fourth-order valence-electron chi connectivity index (χ4n) is 3.47. The van der Waals surface area contributed by atoms with E-state index in [9.17, 15) is 14.4 Å². The van der Waals surface area contributed by atoms with Crippen LogP contribution in [0.1, 0.15) is 11.1 Å². The molecule has 1 amide bonds. The van der Waals surface area contributed by atoms with Crippen LogP contribution in [-0.4, -0.2) is 17.6 Å². The van der Waals surface area contributed by atoms with E-state index in [-0.39, 0.29) is 11.4 Å². The molecule has 0 fully saturated rings. The van der Waals surface area contributed by atoms with Crippen molar-refractivity contribution in [2.24, 2.45) is 0 Å². The Morgan fingerprint density at radius 3 is 2.66 bits per heavy atom. The molecule has 0 radical (unpaired) electrons. The van der Waals surface area contributed by atoms with Crippen LogP contribution in [0.15, 0.2) is 84.6 Å². The van der Waals surface area contributed by atoms with Gasteiger partial charge >= 0.3 is 0 Å². The Kier molecular flexibility index (Phi) is 6.00. The van der Waals surface area contributed by atoms with Crippen LogP contribution >= 0.6 is 0 Å². The molecule has 0 aliphatic heterocycles. The van der Waals surface area contributed by atoms with Gasteiger partial charge in [-0.1, -0.05) is 18.2 Å². The van der Waals surface area contributed by atoms with Crippen LogP contribution in [0.5, 0.6) is 5.75 Å². The molecule has 1 N–H and O–H groups in total. The fourth-order valence-corrected chi connectivity index (χ4v) is 3.47. The summed E-state index contributed by atoms with van der Waals surface area (Å²) in [6.07, 6.45) is 3.49. The monoisotopic (exact) mass is 425 g/mol. The maximum absolute atomic E-state index is 13.5. The number of rotatable bonds is 6. The van der Waals surface area contributed by atoms with Crippen molar-refractivity contribution in [1.82, 2.24) is 4.57 Å². The number of carbonyl (C=O) groups excluding carboxylic acids is 1. The summed E-state index contributed by atoms with van der Waals surface area (Å²) in [6, 6.07) is 23.0. The SMILES string of the molecule is COc1ccc(NC(=O)/C(C#N)=C/c2ccc3c(ccn3Cc3cccc(F)c3)c2)cc1. The number of nitriles is 1. The Hall–Kier alpha value is -4.37. The predicted octanol–water partition coefficient (Wildman–Crippen LogP) is 5.38. The first-order valence-corrected chi connectivity index (χ1v) is 9.96. The molecule has 0 saturated carbocycles. The first-order valence-electron chi connectivity index (χ1n) is 9.96. The molecule has 0 aliphatic carbocycles. The zero-order valence-corrected chi connectivity index (χ0v) is 17.4. The third kappa shape index (κ3) is 4.68. The summed E-state index contributed by atoms with van der Waals surface area (Å²) >= 11 is 0. The van der Waals surface area contributed by atoms with Gasteiger partial charge in [-0.3, -0.25) is 4.79 Å². The molecular weight excluding hydrogens is 405 g/mol. The molecule has 1 aromatic heterocycles. The topological polar surface area (TPSA) is 67.0 Å². The molecule has 3 aromatic carbocycles. The predicted molar refractivity (Wildman–Crippen MR) is 123 cm³/mol. The number of ether oxygens (including phenoxy) is 1. The Morgan fingerprint density at radius 1 is 1.12 bits per heavy atom. The number of benzene rings is 3. The Balaban J connectivity index is 1.54. The number of halogens is 1. The zero-order valence-electron chi connectivity index (χ0n) is 17.4. The van der Waals surface area contributed by atoms with Crippen LogP contribution in [0.25, 0.3) is 17.0 Å². The van der Waals surface area contributed by atoms with E-state index in [0.29, 0.717) is 18.0 Å². The van der Waals surface area contributed by atoms with Gasteiger partial charge in [0, 0.05) is 29.3 Å². The molecule has 4 aromatic rings. The van der Waals surface area contributed by atoms with Crippen molar-refractivity contribution in [2.75, 3.05) is 12.4 Å². The lowest BCUT2D eigenvalue weighted by atomic mass is 10.1. The number of carbonyl (C=O) groups is 1. The smallest absolute Gasteiger partial charge is 0.266 e. The van der Waals surface area contributed by atoms with Gasteiger partial charge in [-0.05, 0) is 71.8 Å². The standard InChI is InChI=1S/C26H20FN3O2/c1-32-24-8-6-23(7-9-24)29-26(31)21(16-28)14-18-5-10-25-20(13-18)11-12-30(25)17-19-3-2-4-22(27)15-19/h2-15H,17H2,1H3,(H,29,31)/b21-14+. The third-order valence-electron chi connectivity index (χ3n) is 5.06. The average Bonchev–Trinajstić information content (AvgIpc) is 3.19. The lowest BCUT2D eigenvalue weighted by molar-refractivity contribution is -0.112. The highest BCUT2D eigenvalue weighted by molar-refractivity contribution is 6.09. The van der Waals surface area contributed by atoms with Gasteiger partial charge in [-0.2, -0.15) is 5.26 Å². The number of hydrogen-bond donors (Lipinski definition) is 1. The first kappa shape index (κ1) is 20.9. The number of nitrogens with one attached hydrogen (secondary N) is 1. The summed E-state index contributed by atoms with van der Waals surface area (Å²) in [7, 11) is 1.57. The number of hydrogen-bond acceptors (Lipinski definition) is 3. The molecule has 4 rings (SSSR count). The molecule has 32 heavy (non-hydrogen) atoms. The molecule has 0 unspecified atom stereocenters. The van der Waals surface area contributed by atoms with Gasteiger partial charge in [-0.25, -0.2) is 4.39 Å². The van der Waals surface area contributed by atoms with Gasteiger partial charge in [0.25, 0.3) is 5.91 Å². The van der Waals surface area contributed by atoms with E-state index in [4.69, 9.17) is 4.74 Å². The maximum atomic E-state index is 13.5. The highest BCUT2D eigenvalue weighted by Crippen LogP contribution is 2.21. The number of anilines is 1. The minimum absolute atomic E-state index is 0.000591. The first-order chi connectivity index (χ1) is 15.6. The van der Waals surface area contributed by atoms with Crippen molar-refractivity contribution in [2.45, 2.75) is 6.54 Å². The van der Waals surface area contributed by atoms with E-state index >= 15 is 0 Å². The van der Waals surface area contributed by atoms with E-state index in [1.807, 2.05) is 47.2 Å². The van der Waals surface area contributed by atoms with E-state index in [1.54, 1.807) is 43.5 Å². The second-order valence-corrected chi connectivity index (χ2v) is 7.24. The quantitative estimate of drug-likeness (QED) is 0.333. The second-order valence-electron chi connectivity index (χ2n) is 7.24. The van der Waals surface area contributed by atoms with Crippen molar-refractivity contribution >= 4 is 28.6 Å². The molecule has 0 bridgehead atoms. The van der Waals surface area contributed by atoms with Crippen LogP contribution < -0.4 is 10.1 Å². The van der Waals surface area contributed by atoms with Gasteiger partial charge in [0.1, 0.15) is 23.2 Å². The van der Waals surface area contributed by atoms with E-state index in [1.165, 1.54) is 12.1 Å². The van der Waals surface area contributed by atoms with Crippen molar-refractivity contribution in [3.8, 4) is 11.8 Å². The number of aromatic nitrogens is 1. The summed E-state index contributed by atoms with van der Waals surface area (Å²) in [5.41, 5.74) is 3.16. The van der Waals surface area contributed by atoms with Crippen molar-refractivity contribution in [1.29, 1.82) is 5.26 Å². The number of amides is 1. The summed E-state index contributed by atoms with van der Waals surface area (Å²) in [4.78, 5) is 12.5. The minimum Gasteiger partial charge on any atom is -0.497 e. The highest BCUT2D eigenvalue weighted by atomic mass is 19.1. The Morgan fingerprint density at radius 2 is 1.94 bits per heavy atom. The zero-order chi connectivity index (χ0) is 22.5. The van der Waals surface area contributed by atoms with Gasteiger partial charge in [0.05, 0.1) is 7.11 Å². The fraction of sp³-hybridized carbons (Fsp3) is 0.0769. The Labute approximate surface area is 185 Å². The summed E-state index contributed by atoms with van der Waals surface area (Å²) in [6.45, 7) is 0.546. The average molecular weight is 425 g/mol. The lowest BCUT2D eigenvalue weighted by Gasteiger charge is -2.07. The Bertz CT molecular complexity index is 1350. The molecule has 0 spiro atoms. The van der Waals surface area contributed by atoms with Crippen LogP contribution in [0.4, 0.5) is 10.1 Å². The largest absolute Gasteiger partial charge is 0.497 e. The van der Waals surface area contributed by atoms with Gasteiger partial charge < -0.3 is 14.6 Å². The molecular formula is C26H20FN3O2. The second kappa shape index (κ2) is 9.19.